The van der Waals surface area contributed by atoms with Gasteiger partial charge in [-0.05, 0) is 24.1 Å². The van der Waals surface area contributed by atoms with Crippen LogP contribution in [0.4, 0.5) is 5.69 Å². The fourth-order valence-corrected chi connectivity index (χ4v) is 1.78. The van der Waals surface area contributed by atoms with Crippen LogP contribution in [0, 0.1) is 0 Å². The first-order valence-electron chi connectivity index (χ1n) is 6.94. The molecule has 23 heavy (non-hydrogen) atoms. The van der Waals surface area contributed by atoms with E-state index in [9.17, 15) is 14.4 Å². The van der Waals surface area contributed by atoms with Crippen molar-refractivity contribution in [3.63, 3.8) is 0 Å². The Kier molecular flexibility index (Phi) is 7.32. The molecule has 7 nitrogen and oxygen atoms in total. The minimum atomic E-state index is -0.689. The van der Waals surface area contributed by atoms with Gasteiger partial charge in [0.25, 0.3) is 0 Å². The van der Waals surface area contributed by atoms with Crippen LogP contribution in [-0.4, -0.2) is 39.1 Å². The molecule has 2 N–H and O–H groups in total. The van der Waals surface area contributed by atoms with Crippen LogP contribution in [0.1, 0.15) is 12.0 Å². The summed E-state index contributed by atoms with van der Waals surface area (Å²) in [4.78, 5) is 34.3. The first kappa shape index (κ1) is 18.2. The SMILES string of the molecule is CNC(=O)CCc1cccc(N/C(=C/C(=O)OC)C(=O)OC)c1. The van der Waals surface area contributed by atoms with E-state index in [2.05, 4.69) is 20.1 Å². The first-order valence-corrected chi connectivity index (χ1v) is 6.94. The normalized spacial score (nSPS) is 10.7. The van der Waals surface area contributed by atoms with E-state index >= 15 is 0 Å². The Bertz CT molecular complexity index is 610. The lowest BCUT2D eigenvalue weighted by molar-refractivity contribution is -0.138. The Balaban J connectivity index is 2.88. The van der Waals surface area contributed by atoms with Crippen LogP contribution in [0.15, 0.2) is 36.0 Å². The van der Waals surface area contributed by atoms with Crippen molar-refractivity contribution in [3.8, 4) is 0 Å². The monoisotopic (exact) mass is 320 g/mol. The van der Waals surface area contributed by atoms with Gasteiger partial charge in [-0.1, -0.05) is 12.1 Å². The minimum absolute atomic E-state index is 0.0391. The number of carbonyl (C=O) groups excluding carboxylic acids is 3. The smallest absolute Gasteiger partial charge is 0.354 e. The molecule has 0 spiro atoms. The number of methoxy groups -OCH3 is 2. The Morgan fingerprint density at radius 3 is 2.52 bits per heavy atom. The lowest BCUT2D eigenvalue weighted by atomic mass is 10.1. The zero-order chi connectivity index (χ0) is 17.2. The summed E-state index contributed by atoms with van der Waals surface area (Å²) < 4.78 is 9.13. The van der Waals surface area contributed by atoms with Crippen LogP contribution in [-0.2, 0) is 30.3 Å². The van der Waals surface area contributed by atoms with E-state index < -0.39 is 11.9 Å². The maximum absolute atomic E-state index is 11.7. The number of anilines is 1. The number of aryl methyl sites for hydroxylation is 1. The van der Waals surface area contributed by atoms with Crippen molar-refractivity contribution >= 4 is 23.5 Å². The third kappa shape index (κ3) is 6.21. The quantitative estimate of drug-likeness (QED) is 0.575. The number of esters is 2. The van der Waals surface area contributed by atoms with Gasteiger partial charge >= 0.3 is 11.9 Å². The molecule has 0 aliphatic carbocycles. The summed E-state index contributed by atoms with van der Waals surface area (Å²) in [5, 5.41) is 5.38. The second-order valence-corrected chi connectivity index (χ2v) is 4.57. The largest absolute Gasteiger partial charge is 0.466 e. The lowest BCUT2D eigenvalue weighted by Gasteiger charge is -2.10. The number of benzene rings is 1. The zero-order valence-corrected chi connectivity index (χ0v) is 13.3. The van der Waals surface area contributed by atoms with E-state index in [-0.39, 0.29) is 11.6 Å². The van der Waals surface area contributed by atoms with Gasteiger partial charge in [-0.25, -0.2) is 9.59 Å². The Labute approximate surface area is 134 Å². The van der Waals surface area contributed by atoms with Crippen molar-refractivity contribution in [2.75, 3.05) is 26.6 Å². The van der Waals surface area contributed by atoms with Gasteiger partial charge < -0.3 is 20.1 Å². The Hall–Kier alpha value is -2.83. The van der Waals surface area contributed by atoms with Crippen LogP contribution in [0.2, 0.25) is 0 Å². The molecular weight excluding hydrogens is 300 g/mol. The second kappa shape index (κ2) is 9.24. The highest BCUT2D eigenvalue weighted by molar-refractivity contribution is 5.98. The summed E-state index contributed by atoms with van der Waals surface area (Å²) >= 11 is 0. The maximum Gasteiger partial charge on any atom is 0.354 e. The molecule has 1 aromatic carbocycles. The van der Waals surface area contributed by atoms with E-state index in [1.54, 1.807) is 25.2 Å². The highest BCUT2D eigenvalue weighted by atomic mass is 16.5. The van der Waals surface area contributed by atoms with Gasteiger partial charge in [0.2, 0.25) is 5.91 Å². The van der Waals surface area contributed by atoms with Crippen LogP contribution in [0.25, 0.3) is 0 Å². The summed E-state index contributed by atoms with van der Waals surface area (Å²) in [5.74, 6) is -1.41. The predicted molar refractivity (Wildman–Crippen MR) is 84.6 cm³/mol. The van der Waals surface area contributed by atoms with E-state index in [1.807, 2.05) is 6.07 Å². The molecule has 1 rings (SSSR count). The minimum Gasteiger partial charge on any atom is -0.466 e. The number of hydrogen-bond acceptors (Lipinski definition) is 6. The molecule has 0 aliphatic rings. The standard InChI is InChI=1S/C16H20N2O5/c1-17-14(19)8-7-11-5-4-6-12(9-11)18-13(16(21)23-3)10-15(20)22-2/h4-6,9-10,18H,7-8H2,1-3H3,(H,17,19)/b13-10+. The second-order valence-electron chi connectivity index (χ2n) is 4.57. The lowest BCUT2D eigenvalue weighted by Crippen LogP contribution is -2.18. The average Bonchev–Trinajstić information content (AvgIpc) is 2.58. The van der Waals surface area contributed by atoms with Gasteiger partial charge in [-0.3, -0.25) is 4.79 Å². The van der Waals surface area contributed by atoms with Crippen molar-refractivity contribution in [2.24, 2.45) is 0 Å². The molecule has 0 bridgehead atoms. The van der Waals surface area contributed by atoms with E-state index in [0.29, 0.717) is 18.5 Å². The van der Waals surface area contributed by atoms with Crippen molar-refractivity contribution in [1.29, 1.82) is 0 Å². The zero-order valence-electron chi connectivity index (χ0n) is 13.3. The van der Waals surface area contributed by atoms with E-state index in [0.717, 1.165) is 11.6 Å². The fourth-order valence-electron chi connectivity index (χ4n) is 1.78. The molecule has 0 fully saturated rings. The van der Waals surface area contributed by atoms with Crippen LogP contribution in [0.5, 0.6) is 0 Å². The molecule has 0 aliphatic heterocycles. The van der Waals surface area contributed by atoms with Crippen LogP contribution < -0.4 is 10.6 Å². The molecule has 0 heterocycles. The molecule has 0 radical (unpaired) electrons. The number of hydrogen-bond donors (Lipinski definition) is 2. The van der Waals surface area contributed by atoms with Crippen LogP contribution in [0.3, 0.4) is 0 Å². The van der Waals surface area contributed by atoms with Gasteiger partial charge in [0.15, 0.2) is 0 Å². The van der Waals surface area contributed by atoms with Crippen molar-refractivity contribution in [3.05, 3.63) is 41.6 Å². The van der Waals surface area contributed by atoms with Gasteiger partial charge in [0, 0.05) is 19.2 Å². The van der Waals surface area contributed by atoms with E-state index in [1.165, 1.54) is 14.2 Å². The number of amides is 1. The Morgan fingerprint density at radius 1 is 1.17 bits per heavy atom. The first-order chi connectivity index (χ1) is 11.0. The summed E-state index contributed by atoms with van der Waals surface area (Å²) in [5.41, 5.74) is 1.48. The van der Waals surface area contributed by atoms with Crippen molar-refractivity contribution in [2.45, 2.75) is 12.8 Å². The van der Waals surface area contributed by atoms with Gasteiger partial charge in [-0.15, -0.1) is 0 Å². The molecule has 124 valence electrons. The van der Waals surface area contributed by atoms with Crippen molar-refractivity contribution in [1.82, 2.24) is 5.32 Å². The predicted octanol–water partition coefficient (Wildman–Crippen LogP) is 1.01. The summed E-state index contributed by atoms with van der Waals surface area (Å²) in [6, 6.07) is 7.18. The highest BCUT2D eigenvalue weighted by Gasteiger charge is 2.13. The molecular formula is C16H20N2O5. The molecule has 1 amide bonds. The van der Waals surface area contributed by atoms with Gasteiger partial charge in [0.05, 0.1) is 20.3 Å². The van der Waals surface area contributed by atoms with Gasteiger partial charge in [0.1, 0.15) is 5.70 Å². The number of nitrogens with one attached hydrogen (secondary N) is 2. The van der Waals surface area contributed by atoms with E-state index in [4.69, 9.17) is 0 Å². The molecule has 0 aromatic heterocycles. The third-order valence-electron chi connectivity index (χ3n) is 2.99. The van der Waals surface area contributed by atoms with Crippen molar-refractivity contribution < 1.29 is 23.9 Å². The third-order valence-corrected chi connectivity index (χ3v) is 2.99. The number of ether oxygens (including phenoxy) is 2. The molecule has 0 saturated heterocycles. The van der Waals surface area contributed by atoms with Gasteiger partial charge in [-0.2, -0.15) is 0 Å². The molecule has 1 aromatic rings. The average molecular weight is 320 g/mol. The topological polar surface area (TPSA) is 93.7 Å². The molecule has 0 unspecified atom stereocenters. The number of rotatable bonds is 7. The maximum atomic E-state index is 11.7. The molecule has 0 atom stereocenters. The van der Waals surface area contributed by atoms with Crippen LogP contribution >= 0.6 is 0 Å². The molecule has 0 saturated carbocycles. The summed E-state index contributed by atoms with van der Waals surface area (Å²) in [6.07, 6.45) is 1.94. The fraction of sp³-hybridized carbons (Fsp3) is 0.312. The molecule has 7 heteroatoms. The summed E-state index contributed by atoms with van der Waals surface area (Å²) in [7, 11) is 4.02. The highest BCUT2D eigenvalue weighted by Crippen LogP contribution is 2.15. The number of carbonyl (C=O) groups is 3. The summed E-state index contributed by atoms with van der Waals surface area (Å²) in [6.45, 7) is 0. The Morgan fingerprint density at radius 2 is 1.91 bits per heavy atom.